The molecule has 144 valence electrons. The van der Waals surface area contributed by atoms with E-state index < -0.39 is 17.7 Å². The molecule has 2 N–H and O–H groups in total. The van der Waals surface area contributed by atoms with Gasteiger partial charge in [-0.15, -0.1) is 0 Å². The van der Waals surface area contributed by atoms with Crippen molar-refractivity contribution in [3.8, 4) is 0 Å². The topological polar surface area (TPSA) is 80.3 Å². The zero-order chi connectivity index (χ0) is 19.3. The van der Waals surface area contributed by atoms with Gasteiger partial charge in [0.2, 0.25) is 5.91 Å². The lowest BCUT2D eigenvalue weighted by atomic mass is 10.1. The van der Waals surface area contributed by atoms with E-state index in [2.05, 4.69) is 15.6 Å². The van der Waals surface area contributed by atoms with Crippen LogP contribution in [-0.4, -0.2) is 28.6 Å². The average molecular weight is 361 g/mol. The van der Waals surface area contributed by atoms with Gasteiger partial charge < -0.3 is 15.4 Å². The molecule has 0 bridgehead atoms. The van der Waals surface area contributed by atoms with Crippen molar-refractivity contribution in [2.75, 3.05) is 5.32 Å². The third-order valence-electron chi connectivity index (χ3n) is 4.33. The van der Waals surface area contributed by atoms with Crippen LogP contribution >= 0.6 is 0 Å². The van der Waals surface area contributed by atoms with E-state index in [-0.39, 0.29) is 5.91 Å². The van der Waals surface area contributed by atoms with Gasteiger partial charge in [0.25, 0.3) is 0 Å². The van der Waals surface area contributed by atoms with Gasteiger partial charge in [-0.1, -0.05) is 19.8 Å². The normalized spacial score (nSPS) is 15.3. The summed E-state index contributed by atoms with van der Waals surface area (Å²) in [6, 6.07) is 1.35. The highest BCUT2D eigenvalue weighted by atomic mass is 16.6. The van der Waals surface area contributed by atoms with E-state index in [0.717, 1.165) is 24.1 Å². The van der Waals surface area contributed by atoms with Crippen LogP contribution in [0, 0.1) is 12.8 Å². The maximum absolute atomic E-state index is 12.8. The summed E-state index contributed by atoms with van der Waals surface area (Å²) in [7, 11) is 0. The van der Waals surface area contributed by atoms with Crippen LogP contribution in [0.1, 0.15) is 64.6 Å². The van der Waals surface area contributed by atoms with Crippen molar-refractivity contribution in [3.63, 3.8) is 0 Å². The first-order chi connectivity index (χ1) is 12.2. The number of rotatable bonds is 7. The molecule has 0 aliphatic heterocycles. The second kappa shape index (κ2) is 8.52. The third kappa shape index (κ3) is 6.65. The standard InChI is InChI=1S/C20H31N3O3/c1-6-15-11-13(2)21-12-17(15)22-18(24)16(10-9-14-7-8-14)23-19(25)26-20(3,4)5/h11-12,14,16H,6-10H2,1-5H3,(H,22,24)(H,23,25). The number of ether oxygens (including phenoxy) is 1. The van der Waals surface area contributed by atoms with Gasteiger partial charge >= 0.3 is 6.09 Å². The number of amides is 2. The van der Waals surface area contributed by atoms with Gasteiger partial charge in [0.15, 0.2) is 0 Å². The maximum Gasteiger partial charge on any atom is 0.408 e. The molecule has 1 aliphatic carbocycles. The lowest BCUT2D eigenvalue weighted by molar-refractivity contribution is -0.118. The monoisotopic (exact) mass is 361 g/mol. The van der Waals surface area contributed by atoms with Crippen molar-refractivity contribution in [2.45, 2.75) is 78.4 Å². The van der Waals surface area contributed by atoms with Crippen LogP contribution in [0.2, 0.25) is 0 Å². The van der Waals surface area contributed by atoms with Crippen molar-refractivity contribution in [1.82, 2.24) is 10.3 Å². The minimum Gasteiger partial charge on any atom is -0.444 e. The Hall–Kier alpha value is -2.11. The summed E-state index contributed by atoms with van der Waals surface area (Å²) in [5.41, 5.74) is 2.05. The molecule has 1 fully saturated rings. The first kappa shape index (κ1) is 20.2. The molecule has 0 spiro atoms. The van der Waals surface area contributed by atoms with Crippen molar-refractivity contribution >= 4 is 17.7 Å². The van der Waals surface area contributed by atoms with Crippen LogP contribution < -0.4 is 10.6 Å². The molecule has 0 aromatic carbocycles. The number of nitrogens with one attached hydrogen (secondary N) is 2. The van der Waals surface area contributed by atoms with Crippen molar-refractivity contribution < 1.29 is 14.3 Å². The Kier molecular flexibility index (Phi) is 6.62. The van der Waals surface area contributed by atoms with Crippen LogP contribution in [0.4, 0.5) is 10.5 Å². The number of carbonyl (C=O) groups excluding carboxylic acids is 2. The van der Waals surface area contributed by atoms with Gasteiger partial charge in [0.05, 0.1) is 11.9 Å². The van der Waals surface area contributed by atoms with Gasteiger partial charge in [-0.2, -0.15) is 0 Å². The second-order valence-corrected chi connectivity index (χ2v) is 8.05. The Labute approximate surface area is 156 Å². The zero-order valence-electron chi connectivity index (χ0n) is 16.5. The van der Waals surface area contributed by atoms with E-state index in [0.29, 0.717) is 18.0 Å². The predicted molar refractivity (Wildman–Crippen MR) is 102 cm³/mol. The third-order valence-corrected chi connectivity index (χ3v) is 4.33. The fraction of sp³-hybridized carbons (Fsp3) is 0.650. The van der Waals surface area contributed by atoms with Crippen LogP contribution in [0.25, 0.3) is 0 Å². The maximum atomic E-state index is 12.8. The van der Waals surface area contributed by atoms with Crippen LogP contribution in [0.15, 0.2) is 12.3 Å². The molecule has 1 heterocycles. The molecule has 1 saturated carbocycles. The predicted octanol–water partition coefficient (Wildman–Crippen LogP) is 3.97. The molecule has 0 radical (unpaired) electrons. The molecule has 1 aliphatic rings. The highest BCUT2D eigenvalue weighted by Gasteiger charge is 2.28. The summed E-state index contributed by atoms with van der Waals surface area (Å²) >= 11 is 0. The fourth-order valence-corrected chi connectivity index (χ4v) is 2.77. The Morgan fingerprint density at radius 1 is 1.35 bits per heavy atom. The molecule has 0 saturated heterocycles. The fourth-order valence-electron chi connectivity index (χ4n) is 2.77. The largest absolute Gasteiger partial charge is 0.444 e. The molecule has 2 rings (SSSR count). The SMILES string of the molecule is CCc1cc(C)ncc1NC(=O)C(CCC1CC1)NC(=O)OC(C)(C)C. The van der Waals surface area contributed by atoms with Gasteiger partial charge in [-0.05, 0) is 64.5 Å². The Morgan fingerprint density at radius 2 is 2.04 bits per heavy atom. The van der Waals surface area contributed by atoms with Gasteiger partial charge in [0.1, 0.15) is 11.6 Å². The minimum absolute atomic E-state index is 0.225. The number of hydrogen-bond donors (Lipinski definition) is 2. The molecule has 1 unspecified atom stereocenters. The highest BCUT2D eigenvalue weighted by molar-refractivity contribution is 5.97. The average Bonchev–Trinajstić information content (AvgIpc) is 3.35. The molecule has 2 amide bonds. The lowest BCUT2D eigenvalue weighted by Gasteiger charge is -2.23. The first-order valence-corrected chi connectivity index (χ1v) is 9.44. The smallest absolute Gasteiger partial charge is 0.408 e. The summed E-state index contributed by atoms with van der Waals surface area (Å²) in [5.74, 6) is 0.454. The molecule has 1 atom stereocenters. The number of aryl methyl sites for hydroxylation is 2. The van der Waals surface area contributed by atoms with E-state index in [1.165, 1.54) is 12.8 Å². The Bertz CT molecular complexity index is 648. The number of alkyl carbamates (subject to hydrolysis) is 1. The molecule has 1 aromatic rings. The summed E-state index contributed by atoms with van der Waals surface area (Å²) in [5, 5.41) is 5.66. The molecule has 6 heteroatoms. The van der Waals surface area contributed by atoms with Gasteiger partial charge in [-0.25, -0.2) is 4.79 Å². The Balaban J connectivity index is 2.05. The van der Waals surface area contributed by atoms with E-state index in [1.807, 2.05) is 19.9 Å². The number of hydrogen-bond acceptors (Lipinski definition) is 4. The minimum atomic E-state index is -0.614. The van der Waals surface area contributed by atoms with Crippen LogP contribution in [0.3, 0.4) is 0 Å². The highest BCUT2D eigenvalue weighted by Crippen LogP contribution is 2.34. The van der Waals surface area contributed by atoms with Crippen LogP contribution in [0.5, 0.6) is 0 Å². The Morgan fingerprint density at radius 3 is 2.62 bits per heavy atom. The first-order valence-electron chi connectivity index (χ1n) is 9.44. The van der Waals surface area contributed by atoms with E-state index in [1.54, 1.807) is 27.0 Å². The summed E-state index contributed by atoms with van der Waals surface area (Å²) < 4.78 is 5.31. The van der Waals surface area contributed by atoms with Crippen LogP contribution in [-0.2, 0) is 16.0 Å². The zero-order valence-corrected chi connectivity index (χ0v) is 16.5. The van der Waals surface area contributed by atoms with E-state index >= 15 is 0 Å². The van der Waals surface area contributed by atoms with Crippen molar-refractivity contribution in [3.05, 3.63) is 23.5 Å². The number of anilines is 1. The second-order valence-electron chi connectivity index (χ2n) is 8.05. The van der Waals surface area contributed by atoms with E-state index in [4.69, 9.17) is 4.74 Å². The van der Waals surface area contributed by atoms with Crippen molar-refractivity contribution in [1.29, 1.82) is 0 Å². The number of carbonyl (C=O) groups is 2. The molecular formula is C20H31N3O3. The van der Waals surface area contributed by atoms with Gasteiger partial charge in [-0.3, -0.25) is 9.78 Å². The quantitative estimate of drug-likeness (QED) is 0.770. The molecule has 1 aromatic heterocycles. The van der Waals surface area contributed by atoms with E-state index in [9.17, 15) is 9.59 Å². The summed E-state index contributed by atoms with van der Waals surface area (Å²) in [6.07, 6.45) is 5.87. The number of pyridine rings is 1. The molecular weight excluding hydrogens is 330 g/mol. The van der Waals surface area contributed by atoms with Gasteiger partial charge in [0, 0.05) is 5.69 Å². The number of nitrogens with zero attached hydrogens (tertiary/aromatic N) is 1. The molecule has 6 nitrogen and oxygen atoms in total. The van der Waals surface area contributed by atoms with Crippen molar-refractivity contribution in [2.24, 2.45) is 5.92 Å². The number of aromatic nitrogens is 1. The lowest BCUT2D eigenvalue weighted by Crippen LogP contribution is -2.46. The summed E-state index contributed by atoms with van der Waals surface area (Å²) in [4.78, 5) is 29.2. The molecule has 26 heavy (non-hydrogen) atoms. The summed E-state index contributed by atoms with van der Waals surface area (Å²) in [6.45, 7) is 9.37.